The number of rotatable bonds is 2. The van der Waals surface area contributed by atoms with E-state index in [2.05, 4.69) is 67.2 Å². The molecule has 0 N–H and O–H groups in total. The first kappa shape index (κ1) is 43.1. The molecule has 4 aliphatic carbocycles. The number of hydrogen-bond donors (Lipinski definition) is 0. The Balaban J connectivity index is 0. The third kappa shape index (κ3) is 12.2. The molecule has 4 fully saturated rings. The van der Waals surface area contributed by atoms with E-state index in [0.717, 1.165) is 47.3 Å². The minimum atomic E-state index is 0.699. The van der Waals surface area contributed by atoms with Crippen LogP contribution in [0.3, 0.4) is 0 Å². The van der Waals surface area contributed by atoms with E-state index in [4.69, 9.17) is 0 Å². The van der Waals surface area contributed by atoms with Gasteiger partial charge < -0.3 is 0 Å². The van der Waals surface area contributed by atoms with Gasteiger partial charge >= 0.3 is 0 Å². The number of benzene rings is 1. The van der Waals surface area contributed by atoms with Crippen LogP contribution in [0, 0.1) is 59.7 Å². The van der Waals surface area contributed by atoms with E-state index >= 15 is 0 Å². The lowest BCUT2D eigenvalue weighted by atomic mass is 9.49. The van der Waals surface area contributed by atoms with Crippen LogP contribution in [0.4, 0.5) is 0 Å². The average Bonchev–Trinajstić information content (AvgIpc) is 3.39. The summed E-state index contributed by atoms with van der Waals surface area (Å²) < 4.78 is 0. The van der Waals surface area contributed by atoms with Crippen LogP contribution in [0.15, 0.2) is 30.8 Å². The van der Waals surface area contributed by atoms with Gasteiger partial charge in [-0.1, -0.05) is 152 Å². The maximum Gasteiger partial charge on any atom is -0.0260 e. The van der Waals surface area contributed by atoms with Gasteiger partial charge in [0.15, 0.2) is 0 Å². The van der Waals surface area contributed by atoms with Crippen LogP contribution in [0.2, 0.25) is 0 Å². The highest BCUT2D eigenvalue weighted by Gasteiger charge is 2.57. The molecular formula is C42H80. The minimum absolute atomic E-state index is 0.699. The molecule has 1 aromatic rings. The van der Waals surface area contributed by atoms with Gasteiger partial charge in [0.1, 0.15) is 0 Å². The second-order valence-corrected chi connectivity index (χ2v) is 13.2. The van der Waals surface area contributed by atoms with Crippen molar-refractivity contribution in [3.05, 3.63) is 42.0 Å². The first-order valence-corrected chi connectivity index (χ1v) is 18.9. The Morgan fingerprint density at radius 3 is 1.88 bits per heavy atom. The van der Waals surface area contributed by atoms with Crippen molar-refractivity contribution in [2.45, 2.75) is 168 Å². The summed E-state index contributed by atoms with van der Waals surface area (Å²) in [6, 6.07) is 8.26. The van der Waals surface area contributed by atoms with E-state index in [0.29, 0.717) is 5.41 Å². The maximum atomic E-state index is 3.67. The topological polar surface area (TPSA) is 0 Å². The molecule has 4 saturated carbocycles. The zero-order chi connectivity index (χ0) is 32.9. The summed E-state index contributed by atoms with van der Waals surface area (Å²) >= 11 is 0. The predicted molar refractivity (Wildman–Crippen MR) is 197 cm³/mol. The van der Waals surface area contributed by atoms with Gasteiger partial charge in [-0.15, -0.1) is 0 Å². The first-order valence-electron chi connectivity index (χ1n) is 18.9. The van der Waals surface area contributed by atoms with E-state index in [9.17, 15) is 0 Å². The van der Waals surface area contributed by atoms with E-state index in [1.165, 1.54) is 30.4 Å². The first-order chi connectivity index (χ1) is 20.2. The fourth-order valence-electron chi connectivity index (χ4n) is 9.02. The zero-order valence-electron chi connectivity index (χ0n) is 31.8. The lowest BCUT2D eigenvalue weighted by Crippen LogP contribution is -2.48. The van der Waals surface area contributed by atoms with E-state index < -0.39 is 0 Å². The quantitative estimate of drug-likeness (QED) is 0.324. The van der Waals surface area contributed by atoms with E-state index in [1.807, 2.05) is 73.6 Å². The predicted octanol–water partition coefficient (Wildman–Crippen LogP) is 14.7. The molecule has 0 nitrogen and oxygen atoms in total. The highest BCUT2D eigenvalue weighted by molar-refractivity contribution is 5.47. The van der Waals surface area contributed by atoms with Crippen LogP contribution >= 0.6 is 0 Å². The summed E-state index contributed by atoms with van der Waals surface area (Å²) in [5.74, 6) is 8.48. The molecular weight excluding hydrogens is 504 g/mol. The van der Waals surface area contributed by atoms with Gasteiger partial charge in [-0.2, -0.15) is 0 Å². The molecule has 5 rings (SSSR count). The SMILES string of the molecule is C=Cc1cccc(C)c1.CC.CC.CC.CC.CC1CCC2C(CCC3C2CCC2(C)C(C(C)C)CCC32)C1.CCC. The van der Waals surface area contributed by atoms with Crippen LogP contribution in [0.25, 0.3) is 6.08 Å². The smallest absolute Gasteiger partial charge is 0.0260 e. The van der Waals surface area contributed by atoms with Gasteiger partial charge in [0, 0.05) is 0 Å². The maximum absolute atomic E-state index is 3.67. The molecule has 8 atom stereocenters. The largest absolute Gasteiger partial charge is 0.0985 e. The van der Waals surface area contributed by atoms with Crippen LogP contribution in [-0.4, -0.2) is 0 Å². The summed E-state index contributed by atoms with van der Waals surface area (Å²) in [5.41, 5.74) is 3.17. The van der Waals surface area contributed by atoms with Crippen LogP contribution < -0.4 is 0 Å². The molecule has 1 aromatic carbocycles. The Morgan fingerprint density at radius 2 is 1.38 bits per heavy atom. The standard InChI is InChI=1S/C22H38.C9H10.C3H8.4C2H6/c1-14(2)20-9-10-21-19-8-6-16-13-15(3)5-7-17(16)18(19)11-12-22(20,21)4;1-3-9-6-4-5-8(2)7-9;1-3-2;4*1-2/h14-21H,5-13H2,1-4H3;3-7H,1H2,2H3;3H2,1-2H3;4*1-2H3. The van der Waals surface area contributed by atoms with Gasteiger partial charge in [-0.3, -0.25) is 0 Å². The van der Waals surface area contributed by atoms with Crippen molar-refractivity contribution in [2.24, 2.45) is 52.8 Å². The van der Waals surface area contributed by atoms with Crippen molar-refractivity contribution in [1.82, 2.24) is 0 Å². The molecule has 0 saturated heterocycles. The number of hydrogen-bond acceptors (Lipinski definition) is 0. The molecule has 42 heavy (non-hydrogen) atoms. The normalized spacial score (nSPS) is 31.6. The zero-order valence-corrected chi connectivity index (χ0v) is 31.8. The molecule has 0 spiro atoms. The lowest BCUT2D eigenvalue weighted by molar-refractivity contribution is -0.0719. The van der Waals surface area contributed by atoms with Gasteiger partial charge in [0.05, 0.1) is 0 Å². The Kier molecular flexibility index (Phi) is 24.9. The Hall–Kier alpha value is -1.04. The number of aryl methyl sites for hydroxylation is 1. The Bertz CT molecular complexity index is 759. The Labute approximate surface area is 268 Å². The highest BCUT2D eigenvalue weighted by Crippen LogP contribution is 2.65. The molecule has 8 unspecified atom stereocenters. The third-order valence-electron chi connectivity index (χ3n) is 10.4. The van der Waals surface area contributed by atoms with Crippen LogP contribution in [-0.2, 0) is 0 Å². The molecule has 0 bridgehead atoms. The summed E-state index contributed by atoms with van der Waals surface area (Å²) in [6.07, 6.45) is 17.2. The summed E-state index contributed by atoms with van der Waals surface area (Å²) in [6.45, 7) is 36.2. The molecule has 0 aromatic heterocycles. The van der Waals surface area contributed by atoms with Crippen molar-refractivity contribution >= 4 is 6.08 Å². The van der Waals surface area contributed by atoms with E-state index in [-0.39, 0.29) is 0 Å². The molecule has 0 heterocycles. The van der Waals surface area contributed by atoms with E-state index in [1.54, 1.807) is 44.9 Å². The molecule has 0 aliphatic heterocycles. The summed E-state index contributed by atoms with van der Waals surface area (Å²) in [4.78, 5) is 0. The van der Waals surface area contributed by atoms with Gasteiger partial charge in [0.25, 0.3) is 0 Å². The van der Waals surface area contributed by atoms with Crippen LogP contribution in [0.1, 0.15) is 172 Å². The van der Waals surface area contributed by atoms with Crippen molar-refractivity contribution in [3.63, 3.8) is 0 Å². The summed E-state index contributed by atoms with van der Waals surface area (Å²) in [7, 11) is 0. The van der Waals surface area contributed by atoms with Gasteiger partial charge in [-0.05, 0) is 117 Å². The second-order valence-electron chi connectivity index (χ2n) is 13.2. The van der Waals surface area contributed by atoms with Crippen LogP contribution in [0.5, 0.6) is 0 Å². The fourth-order valence-corrected chi connectivity index (χ4v) is 9.02. The lowest BCUT2D eigenvalue weighted by Gasteiger charge is -2.56. The van der Waals surface area contributed by atoms with Crippen molar-refractivity contribution in [1.29, 1.82) is 0 Å². The molecule has 0 heteroatoms. The second kappa shape index (κ2) is 24.3. The highest BCUT2D eigenvalue weighted by atomic mass is 14.6. The van der Waals surface area contributed by atoms with Gasteiger partial charge in [-0.25, -0.2) is 0 Å². The van der Waals surface area contributed by atoms with Crippen molar-refractivity contribution in [3.8, 4) is 0 Å². The minimum Gasteiger partial charge on any atom is -0.0985 e. The number of fused-ring (bicyclic) bond motifs is 5. The molecule has 248 valence electrons. The molecule has 0 amide bonds. The Morgan fingerprint density at radius 1 is 0.810 bits per heavy atom. The third-order valence-corrected chi connectivity index (χ3v) is 10.4. The summed E-state index contributed by atoms with van der Waals surface area (Å²) in [5, 5.41) is 0. The fraction of sp³-hybridized carbons (Fsp3) is 0.810. The molecule has 0 radical (unpaired) electrons. The monoisotopic (exact) mass is 585 g/mol. The molecule has 4 aliphatic rings. The average molecular weight is 585 g/mol. The van der Waals surface area contributed by atoms with Crippen molar-refractivity contribution < 1.29 is 0 Å². The van der Waals surface area contributed by atoms with Gasteiger partial charge in [0.2, 0.25) is 0 Å². The van der Waals surface area contributed by atoms with Crippen molar-refractivity contribution in [2.75, 3.05) is 0 Å².